The highest BCUT2D eigenvalue weighted by Gasteiger charge is 2.31. The number of aliphatic carboxylic acids is 1. The molecule has 1 rings (SSSR count). The standard InChI is InChI=1S/C14H26N2O4/c1-4-14(2)6-8-16(9-7-14)13(19)15-11(12(17)18)5-10-20-3/h11H,4-10H2,1-3H3,(H,15,19)(H,17,18). The molecule has 1 unspecified atom stereocenters. The fraction of sp³-hybridized carbons (Fsp3) is 0.857. The summed E-state index contributed by atoms with van der Waals surface area (Å²) in [6.45, 7) is 6.09. The highest BCUT2D eigenvalue weighted by Crippen LogP contribution is 2.33. The van der Waals surface area contributed by atoms with Crippen molar-refractivity contribution in [3.8, 4) is 0 Å². The first-order chi connectivity index (χ1) is 9.41. The van der Waals surface area contributed by atoms with Crippen molar-refractivity contribution in [2.75, 3.05) is 26.8 Å². The maximum atomic E-state index is 12.1. The molecule has 0 radical (unpaired) electrons. The third-order valence-corrected chi connectivity index (χ3v) is 4.32. The van der Waals surface area contributed by atoms with Crippen LogP contribution in [-0.4, -0.2) is 54.9 Å². The summed E-state index contributed by atoms with van der Waals surface area (Å²) >= 11 is 0. The summed E-state index contributed by atoms with van der Waals surface area (Å²) in [4.78, 5) is 24.9. The lowest BCUT2D eigenvalue weighted by Gasteiger charge is -2.39. The lowest BCUT2D eigenvalue weighted by atomic mass is 9.78. The number of nitrogens with one attached hydrogen (secondary N) is 1. The predicted molar refractivity (Wildman–Crippen MR) is 75.7 cm³/mol. The molecule has 1 heterocycles. The van der Waals surface area contributed by atoms with Gasteiger partial charge in [-0.15, -0.1) is 0 Å². The summed E-state index contributed by atoms with van der Waals surface area (Å²) in [6.07, 6.45) is 3.31. The molecule has 116 valence electrons. The second-order valence-corrected chi connectivity index (χ2v) is 5.77. The van der Waals surface area contributed by atoms with Crippen LogP contribution in [0.1, 0.15) is 39.5 Å². The van der Waals surface area contributed by atoms with Crippen molar-refractivity contribution in [1.29, 1.82) is 0 Å². The smallest absolute Gasteiger partial charge is 0.326 e. The lowest BCUT2D eigenvalue weighted by molar-refractivity contribution is -0.139. The number of ether oxygens (including phenoxy) is 1. The lowest BCUT2D eigenvalue weighted by Crippen LogP contribution is -2.51. The monoisotopic (exact) mass is 286 g/mol. The van der Waals surface area contributed by atoms with E-state index in [1.807, 2.05) is 0 Å². The molecule has 6 nitrogen and oxygen atoms in total. The van der Waals surface area contributed by atoms with Crippen LogP contribution in [0.15, 0.2) is 0 Å². The molecule has 1 fully saturated rings. The number of carbonyl (C=O) groups is 2. The van der Waals surface area contributed by atoms with Crippen LogP contribution in [0.3, 0.4) is 0 Å². The van der Waals surface area contributed by atoms with Gasteiger partial charge in [0.1, 0.15) is 6.04 Å². The molecule has 0 saturated carbocycles. The Balaban J connectivity index is 2.47. The second-order valence-electron chi connectivity index (χ2n) is 5.77. The number of urea groups is 1. The zero-order valence-electron chi connectivity index (χ0n) is 12.6. The second kappa shape index (κ2) is 7.47. The van der Waals surface area contributed by atoms with Crippen LogP contribution in [0.4, 0.5) is 4.79 Å². The number of methoxy groups -OCH3 is 1. The Morgan fingerprint density at radius 1 is 1.40 bits per heavy atom. The van der Waals surface area contributed by atoms with Gasteiger partial charge in [-0.05, 0) is 18.3 Å². The molecule has 6 heteroatoms. The zero-order valence-corrected chi connectivity index (χ0v) is 12.6. The summed E-state index contributed by atoms with van der Waals surface area (Å²) in [6, 6.07) is -1.17. The molecule has 2 N–H and O–H groups in total. The SMILES string of the molecule is CCC1(C)CCN(C(=O)NC(CCOC)C(=O)O)CC1. The quantitative estimate of drug-likeness (QED) is 0.779. The van der Waals surface area contributed by atoms with E-state index in [9.17, 15) is 9.59 Å². The van der Waals surface area contributed by atoms with E-state index in [1.54, 1.807) is 4.90 Å². The van der Waals surface area contributed by atoms with Crippen molar-refractivity contribution in [1.82, 2.24) is 10.2 Å². The summed E-state index contributed by atoms with van der Waals surface area (Å²) < 4.78 is 4.86. The zero-order chi connectivity index (χ0) is 15.2. The largest absolute Gasteiger partial charge is 0.480 e. The highest BCUT2D eigenvalue weighted by molar-refractivity contribution is 5.82. The molecule has 0 aromatic carbocycles. The Labute approximate surface area is 120 Å². The van der Waals surface area contributed by atoms with Crippen molar-refractivity contribution in [3.05, 3.63) is 0 Å². The molecule has 2 amide bonds. The molecule has 1 aliphatic heterocycles. The third-order valence-electron chi connectivity index (χ3n) is 4.32. The molecule has 0 bridgehead atoms. The van der Waals surface area contributed by atoms with Gasteiger partial charge in [0.2, 0.25) is 0 Å². The number of carboxylic acid groups (broad SMARTS) is 1. The van der Waals surface area contributed by atoms with E-state index in [2.05, 4.69) is 19.2 Å². The highest BCUT2D eigenvalue weighted by atomic mass is 16.5. The summed E-state index contributed by atoms with van der Waals surface area (Å²) in [5.74, 6) is -1.02. The molecule has 1 atom stereocenters. The first kappa shape index (κ1) is 16.8. The van der Waals surface area contributed by atoms with E-state index in [1.165, 1.54) is 7.11 Å². The van der Waals surface area contributed by atoms with Gasteiger partial charge in [-0.25, -0.2) is 9.59 Å². The van der Waals surface area contributed by atoms with Gasteiger partial charge in [-0.1, -0.05) is 20.3 Å². The number of rotatable bonds is 6. The van der Waals surface area contributed by atoms with E-state index < -0.39 is 12.0 Å². The molecule has 0 aliphatic carbocycles. The van der Waals surface area contributed by atoms with Crippen molar-refractivity contribution >= 4 is 12.0 Å². The predicted octanol–water partition coefficient (Wildman–Crippen LogP) is 1.70. The minimum absolute atomic E-state index is 0.276. The van der Waals surface area contributed by atoms with Gasteiger partial charge in [-0.3, -0.25) is 0 Å². The van der Waals surface area contributed by atoms with Crippen molar-refractivity contribution < 1.29 is 19.4 Å². The first-order valence-corrected chi connectivity index (χ1v) is 7.19. The molecule has 0 aromatic rings. The Morgan fingerprint density at radius 2 is 2.00 bits per heavy atom. The van der Waals surface area contributed by atoms with E-state index in [-0.39, 0.29) is 12.5 Å². The van der Waals surface area contributed by atoms with Gasteiger partial charge >= 0.3 is 12.0 Å². The topological polar surface area (TPSA) is 78.9 Å². The number of hydrogen-bond acceptors (Lipinski definition) is 3. The van der Waals surface area contributed by atoms with E-state index in [4.69, 9.17) is 9.84 Å². The average molecular weight is 286 g/mol. The van der Waals surface area contributed by atoms with Crippen molar-refractivity contribution in [2.24, 2.45) is 5.41 Å². The maximum absolute atomic E-state index is 12.1. The molecule has 0 spiro atoms. The van der Waals surface area contributed by atoms with E-state index >= 15 is 0 Å². The van der Waals surface area contributed by atoms with Gasteiger partial charge in [0, 0.05) is 33.2 Å². The number of carboxylic acids is 1. The summed E-state index contributed by atoms with van der Waals surface area (Å²) in [7, 11) is 1.51. The van der Waals surface area contributed by atoms with Crippen LogP contribution in [0.2, 0.25) is 0 Å². The Morgan fingerprint density at radius 3 is 2.45 bits per heavy atom. The van der Waals surface area contributed by atoms with Crippen LogP contribution >= 0.6 is 0 Å². The van der Waals surface area contributed by atoms with Crippen LogP contribution < -0.4 is 5.32 Å². The van der Waals surface area contributed by atoms with Crippen LogP contribution in [-0.2, 0) is 9.53 Å². The van der Waals surface area contributed by atoms with Crippen LogP contribution in [0, 0.1) is 5.41 Å². The fourth-order valence-electron chi connectivity index (χ4n) is 2.34. The minimum atomic E-state index is -1.02. The fourth-order valence-corrected chi connectivity index (χ4v) is 2.34. The third kappa shape index (κ3) is 4.67. The normalized spacial score (nSPS) is 19.4. The number of carbonyl (C=O) groups excluding carboxylic acids is 1. The summed E-state index contributed by atoms with van der Waals surface area (Å²) in [5, 5.41) is 11.7. The number of amides is 2. The molecular weight excluding hydrogens is 260 g/mol. The van der Waals surface area contributed by atoms with Gasteiger partial charge in [-0.2, -0.15) is 0 Å². The Bertz CT molecular complexity index is 338. The maximum Gasteiger partial charge on any atom is 0.326 e. The average Bonchev–Trinajstić information content (AvgIpc) is 2.43. The van der Waals surface area contributed by atoms with E-state index in [0.717, 1.165) is 19.3 Å². The Kier molecular flexibility index (Phi) is 6.26. The first-order valence-electron chi connectivity index (χ1n) is 7.19. The van der Waals surface area contributed by atoms with Gasteiger partial charge in [0.15, 0.2) is 0 Å². The van der Waals surface area contributed by atoms with Crippen LogP contribution in [0.25, 0.3) is 0 Å². The summed E-state index contributed by atoms with van der Waals surface area (Å²) in [5.41, 5.74) is 0.305. The van der Waals surface area contributed by atoms with Crippen molar-refractivity contribution in [2.45, 2.75) is 45.6 Å². The minimum Gasteiger partial charge on any atom is -0.480 e. The molecule has 1 saturated heterocycles. The van der Waals surface area contributed by atoms with Crippen LogP contribution in [0.5, 0.6) is 0 Å². The van der Waals surface area contributed by atoms with Gasteiger partial charge < -0.3 is 20.1 Å². The Hall–Kier alpha value is -1.30. The number of nitrogens with zero attached hydrogens (tertiary/aromatic N) is 1. The molecule has 20 heavy (non-hydrogen) atoms. The van der Waals surface area contributed by atoms with E-state index in [0.29, 0.717) is 25.1 Å². The number of hydrogen-bond donors (Lipinski definition) is 2. The number of likely N-dealkylation sites (tertiary alicyclic amines) is 1. The molecular formula is C14H26N2O4. The van der Waals surface area contributed by atoms with Gasteiger partial charge in [0.25, 0.3) is 0 Å². The molecule has 1 aliphatic rings. The number of piperidine rings is 1. The molecule has 0 aromatic heterocycles. The van der Waals surface area contributed by atoms with Crippen molar-refractivity contribution in [3.63, 3.8) is 0 Å². The van der Waals surface area contributed by atoms with Gasteiger partial charge in [0.05, 0.1) is 0 Å².